The van der Waals surface area contributed by atoms with Gasteiger partial charge in [-0.15, -0.1) is 0 Å². The summed E-state index contributed by atoms with van der Waals surface area (Å²) in [7, 11) is 0. The highest BCUT2D eigenvalue weighted by Crippen LogP contribution is 2.36. The van der Waals surface area contributed by atoms with Gasteiger partial charge in [-0.3, -0.25) is 0 Å². The fourth-order valence-corrected chi connectivity index (χ4v) is 2.64. The first kappa shape index (κ1) is 14.2. The Balaban J connectivity index is 2.25. The standard InChI is InChI=1S/C12H15Cl3N2O/c13-9-7-10(14)12(16-11(9)15)17(5-2-6-18)8-3-1-4-8/h7-8,18H,1-6H2. The summed E-state index contributed by atoms with van der Waals surface area (Å²) in [6.45, 7) is 0.883. The molecule has 0 unspecified atom stereocenters. The van der Waals surface area contributed by atoms with Crippen molar-refractivity contribution in [3.8, 4) is 0 Å². The largest absolute Gasteiger partial charge is 0.396 e. The van der Waals surface area contributed by atoms with Crippen LogP contribution in [0.5, 0.6) is 0 Å². The number of aliphatic hydroxyl groups is 1. The lowest BCUT2D eigenvalue weighted by Gasteiger charge is -2.38. The molecule has 0 amide bonds. The summed E-state index contributed by atoms with van der Waals surface area (Å²) in [5, 5.41) is 10.1. The molecule has 1 heterocycles. The van der Waals surface area contributed by atoms with Gasteiger partial charge in [0.05, 0.1) is 10.0 Å². The van der Waals surface area contributed by atoms with E-state index in [1.165, 1.54) is 6.42 Å². The summed E-state index contributed by atoms with van der Waals surface area (Å²) in [5.41, 5.74) is 0. The fraction of sp³-hybridized carbons (Fsp3) is 0.583. The highest BCUT2D eigenvalue weighted by Gasteiger charge is 2.27. The Morgan fingerprint density at radius 1 is 1.28 bits per heavy atom. The molecule has 0 bridgehead atoms. The maximum absolute atomic E-state index is 8.98. The van der Waals surface area contributed by atoms with Gasteiger partial charge in [0.2, 0.25) is 0 Å². The van der Waals surface area contributed by atoms with Gasteiger partial charge in [-0.2, -0.15) is 0 Å². The number of aromatic nitrogens is 1. The molecule has 1 N–H and O–H groups in total. The van der Waals surface area contributed by atoms with E-state index in [-0.39, 0.29) is 11.8 Å². The summed E-state index contributed by atoms with van der Waals surface area (Å²) in [6.07, 6.45) is 4.17. The van der Waals surface area contributed by atoms with Crippen LogP contribution in [0.4, 0.5) is 5.82 Å². The van der Waals surface area contributed by atoms with Gasteiger partial charge >= 0.3 is 0 Å². The van der Waals surface area contributed by atoms with Gasteiger partial charge in [-0.25, -0.2) is 4.98 Å². The zero-order valence-electron chi connectivity index (χ0n) is 9.87. The predicted octanol–water partition coefficient (Wildman–Crippen LogP) is 3.78. The van der Waals surface area contributed by atoms with Gasteiger partial charge in [-0.1, -0.05) is 34.8 Å². The van der Waals surface area contributed by atoms with Crippen LogP contribution in [0.1, 0.15) is 25.7 Å². The minimum Gasteiger partial charge on any atom is -0.396 e. The zero-order valence-corrected chi connectivity index (χ0v) is 12.1. The van der Waals surface area contributed by atoms with Crippen LogP contribution < -0.4 is 4.90 Å². The number of anilines is 1. The molecule has 0 radical (unpaired) electrons. The van der Waals surface area contributed by atoms with Crippen molar-refractivity contribution in [1.82, 2.24) is 4.98 Å². The molecule has 0 spiro atoms. The Labute approximate surface area is 122 Å². The van der Waals surface area contributed by atoms with E-state index in [9.17, 15) is 0 Å². The predicted molar refractivity (Wildman–Crippen MR) is 76.0 cm³/mol. The molecule has 2 rings (SSSR count). The molecule has 0 atom stereocenters. The zero-order chi connectivity index (χ0) is 13.1. The van der Waals surface area contributed by atoms with Gasteiger partial charge in [0.15, 0.2) is 0 Å². The maximum atomic E-state index is 8.98. The Hall–Kier alpha value is -0.220. The lowest BCUT2D eigenvalue weighted by Crippen LogP contribution is -2.41. The minimum absolute atomic E-state index is 0.155. The first-order valence-corrected chi connectivity index (χ1v) is 7.16. The van der Waals surface area contributed by atoms with Gasteiger partial charge in [0, 0.05) is 19.2 Å². The van der Waals surface area contributed by atoms with Crippen molar-refractivity contribution in [2.24, 2.45) is 0 Å². The third-order valence-electron chi connectivity index (χ3n) is 3.21. The van der Waals surface area contributed by atoms with Crippen LogP contribution in [0.15, 0.2) is 6.07 Å². The first-order valence-electron chi connectivity index (χ1n) is 6.02. The van der Waals surface area contributed by atoms with Crippen molar-refractivity contribution < 1.29 is 5.11 Å². The summed E-state index contributed by atoms with van der Waals surface area (Å²) in [4.78, 5) is 6.40. The first-order chi connectivity index (χ1) is 8.63. The minimum atomic E-state index is 0.155. The highest BCUT2D eigenvalue weighted by molar-refractivity contribution is 6.42. The number of aliphatic hydroxyl groups excluding tert-OH is 1. The third kappa shape index (κ3) is 3.02. The van der Waals surface area contributed by atoms with E-state index in [2.05, 4.69) is 9.88 Å². The number of hydrogen-bond donors (Lipinski definition) is 1. The third-order valence-corrected chi connectivity index (χ3v) is 4.16. The van der Waals surface area contributed by atoms with Crippen LogP contribution in [0.3, 0.4) is 0 Å². The van der Waals surface area contributed by atoms with Gasteiger partial charge in [-0.05, 0) is 31.7 Å². The summed E-state index contributed by atoms with van der Waals surface area (Å²) < 4.78 is 0. The molecule has 1 aromatic rings. The van der Waals surface area contributed by atoms with Crippen molar-refractivity contribution in [3.63, 3.8) is 0 Å². The topological polar surface area (TPSA) is 36.4 Å². The Kier molecular flexibility index (Phi) is 4.96. The number of pyridine rings is 1. The lowest BCUT2D eigenvalue weighted by molar-refractivity contribution is 0.282. The number of rotatable bonds is 5. The monoisotopic (exact) mass is 308 g/mol. The van der Waals surface area contributed by atoms with Crippen LogP contribution in [0.25, 0.3) is 0 Å². The van der Waals surface area contributed by atoms with Gasteiger partial charge < -0.3 is 10.0 Å². The second-order valence-corrected chi connectivity index (χ2v) is 5.59. The fourth-order valence-electron chi connectivity index (χ4n) is 2.04. The molecule has 1 aliphatic rings. The Morgan fingerprint density at radius 2 is 2.00 bits per heavy atom. The molecular formula is C12H15Cl3N2O. The molecule has 0 saturated heterocycles. The number of halogens is 3. The van der Waals surface area contributed by atoms with Crippen LogP contribution in [0.2, 0.25) is 15.2 Å². The van der Waals surface area contributed by atoms with Crippen LogP contribution in [-0.2, 0) is 0 Å². The van der Waals surface area contributed by atoms with Gasteiger partial charge in [0.1, 0.15) is 11.0 Å². The summed E-state index contributed by atoms with van der Waals surface area (Å²) >= 11 is 18.0. The van der Waals surface area contributed by atoms with E-state index < -0.39 is 0 Å². The molecule has 1 aliphatic carbocycles. The number of hydrogen-bond acceptors (Lipinski definition) is 3. The van der Waals surface area contributed by atoms with Crippen molar-refractivity contribution in [2.75, 3.05) is 18.1 Å². The lowest BCUT2D eigenvalue weighted by atomic mass is 9.91. The smallest absolute Gasteiger partial charge is 0.150 e. The Bertz CT molecular complexity index is 424. The molecule has 0 aromatic carbocycles. The quantitative estimate of drug-likeness (QED) is 0.841. The van der Waals surface area contributed by atoms with E-state index in [4.69, 9.17) is 39.9 Å². The second kappa shape index (κ2) is 6.29. The molecule has 1 fully saturated rings. The van der Waals surface area contributed by atoms with E-state index in [0.29, 0.717) is 28.3 Å². The summed E-state index contributed by atoms with van der Waals surface area (Å²) in [5.74, 6) is 0.671. The number of nitrogens with zero attached hydrogens (tertiary/aromatic N) is 2. The van der Waals surface area contributed by atoms with E-state index in [1.54, 1.807) is 6.07 Å². The van der Waals surface area contributed by atoms with Crippen molar-refractivity contribution in [1.29, 1.82) is 0 Å². The average molecular weight is 310 g/mol. The second-order valence-electron chi connectivity index (χ2n) is 4.42. The summed E-state index contributed by atoms with van der Waals surface area (Å²) in [6, 6.07) is 2.07. The van der Waals surface area contributed by atoms with E-state index in [0.717, 1.165) is 19.4 Å². The molecular weight excluding hydrogens is 295 g/mol. The van der Waals surface area contributed by atoms with Crippen molar-refractivity contribution >= 4 is 40.6 Å². The van der Waals surface area contributed by atoms with E-state index >= 15 is 0 Å². The van der Waals surface area contributed by atoms with Crippen LogP contribution in [-0.4, -0.2) is 29.3 Å². The van der Waals surface area contributed by atoms with E-state index in [1.807, 2.05) is 0 Å². The van der Waals surface area contributed by atoms with Crippen molar-refractivity contribution in [2.45, 2.75) is 31.7 Å². The van der Waals surface area contributed by atoms with Crippen LogP contribution >= 0.6 is 34.8 Å². The van der Waals surface area contributed by atoms with Crippen molar-refractivity contribution in [3.05, 3.63) is 21.3 Å². The molecule has 100 valence electrons. The molecule has 6 heteroatoms. The molecule has 18 heavy (non-hydrogen) atoms. The molecule has 1 aromatic heterocycles. The Morgan fingerprint density at radius 3 is 2.56 bits per heavy atom. The molecule has 1 saturated carbocycles. The van der Waals surface area contributed by atoms with Crippen LogP contribution in [0, 0.1) is 0 Å². The van der Waals surface area contributed by atoms with Gasteiger partial charge in [0.25, 0.3) is 0 Å². The highest BCUT2D eigenvalue weighted by atomic mass is 35.5. The SMILES string of the molecule is OCCCN(c1nc(Cl)c(Cl)cc1Cl)C1CCC1. The normalized spacial score (nSPS) is 15.6. The maximum Gasteiger partial charge on any atom is 0.150 e. The molecule has 3 nitrogen and oxygen atoms in total. The molecule has 0 aliphatic heterocycles. The average Bonchev–Trinajstić information content (AvgIpc) is 2.27.